The first-order chi connectivity index (χ1) is 13.9. The van der Waals surface area contributed by atoms with Crippen molar-refractivity contribution in [1.82, 2.24) is 15.1 Å². The van der Waals surface area contributed by atoms with E-state index in [1.807, 2.05) is 35.2 Å². The van der Waals surface area contributed by atoms with Crippen LogP contribution in [0.1, 0.15) is 42.2 Å². The molecule has 2 heterocycles. The van der Waals surface area contributed by atoms with Gasteiger partial charge in [0.15, 0.2) is 0 Å². The molecule has 1 saturated heterocycles. The van der Waals surface area contributed by atoms with Gasteiger partial charge in [0.25, 0.3) is 17.7 Å². The smallest absolute Gasteiger partial charge is 0.260 e. The number of imide groups is 1. The second-order valence-electron chi connectivity index (χ2n) is 7.22. The molecule has 0 unspecified atom stereocenters. The van der Waals surface area contributed by atoms with Crippen molar-refractivity contribution in [3.05, 3.63) is 69.2 Å². The molecule has 7 heteroatoms. The van der Waals surface area contributed by atoms with Gasteiger partial charge in [-0.1, -0.05) is 42.0 Å². The molecule has 1 fully saturated rings. The highest BCUT2D eigenvalue weighted by atomic mass is 35.5. The predicted molar refractivity (Wildman–Crippen MR) is 112 cm³/mol. The van der Waals surface area contributed by atoms with Crippen molar-refractivity contribution in [3.63, 3.8) is 0 Å². The lowest BCUT2D eigenvalue weighted by molar-refractivity contribution is 0.0663. The minimum atomic E-state index is -0.475. The summed E-state index contributed by atoms with van der Waals surface area (Å²) in [6.45, 7) is 3.24. The van der Waals surface area contributed by atoms with Gasteiger partial charge in [0.1, 0.15) is 0 Å². The molecule has 29 heavy (non-hydrogen) atoms. The van der Waals surface area contributed by atoms with Crippen LogP contribution in [0.4, 0.5) is 0 Å². The summed E-state index contributed by atoms with van der Waals surface area (Å²) >= 11 is 6.06. The molecule has 2 aliphatic heterocycles. The van der Waals surface area contributed by atoms with Gasteiger partial charge in [-0.05, 0) is 36.4 Å². The Kier molecular flexibility index (Phi) is 5.22. The monoisotopic (exact) mass is 409 g/mol. The maximum absolute atomic E-state index is 12.6. The number of piperazine rings is 1. The molecule has 2 aromatic carbocycles. The van der Waals surface area contributed by atoms with Crippen LogP contribution in [0.25, 0.3) is 12.2 Å². The van der Waals surface area contributed by atoms with Crippen LogP contribution >= 0.6 is 11.6 Å². The van der Waals surface area contributed by atoms with Crippen molar-refractivity contribution in [2.45, 2.75) is 0 Å². The van der Waals surface area contributed by atoms with Crippen LogP contribution in [0.5, 0.6) is 0 Å². The normalized spacial score (nSPS) is 17.0. The second kappa shape index (κ2) is 7.81. The molecule has 0 atom stereocenters. The summed E-state index contributed by atoms with van der Waals surface area (Å²) in [6.07, 6.45) is 3.61. The number of likely N-dealkylation sites (N-methyl/N-ethyl adjacent to an activating group) is 1. The average molecular weight is 410 g/mol. The van der Waals surface area contributed by atoms with E-state index in [9.17, 15) is 14.4 Å². The molecule has 2 aliphatic rings. The van der Waals surface area contributed by atoms with Crippen LogP contribution in [-0.4, -0.2) is 60.7 Å². The predicted octanol–water partition coefficient (Wildman–Crippen LogP) is 2.78. The van der Waals surface area contributed by atoms with E-state index in [0.717, 1.165) is 31.7 Å². The summed E-state index contributed by atoms with van der Waals surface area (Å²) in [5.41, 5.74) is 2.66. The molecular weight excluding hydrogens is 390 g/mol. The highest BCUT2D eigenvalue weighted by Gasteiger charge is 2.31. The maximum atomic E-state index is 12.6. The Morgan fingerprint density at radius 1 is 0.931 bits per heavy atom. The SMILES string of the molecule is CN1CCN(C(=O)c2ccc(/C=C/c3ccc(Cl)c4c3C(=O)NC4=O)cc2)CC1. The van der Waals surface area contributed by atoms with Gasteiger partial charge in [0.2, 0.25) is 0 Å². The number of hydrogen-bond acceptors (Lipinski definition) is 4. The van der Waals surface area contributed by atoms with E-state index in [2.05, 4.69) is 17.3 Å². The van der Waals surface area contributed by atoms with E-state index in [1.54, 1.807) is 18.2 Å². The van der Waals surface area contributed by atoms with Crippen molar-refractivity contribution in [2.24, 2.45) is 0 Å². The van der Waals surface area contributed by atoms with Crippen LogP contribution in [0.2, 0.25) is 5.02 Å². The topological polar surface area (TPSA) is 69.7 Å². The molecule has 0 spiro atoms. The van der Waals surface area contributed by atoms with Gasteiger partial charge in [-0.2, -0.15) is 0 Å². The summed E-state index contributed by atoms with van der Waals surface area (Å²) in [7, 11) is 2.05. The minimum absolute atomic E-state index is 0.0410. The van der Waals surface area contributed by atoms with E-state index in [-0.39, 0.29) is 16.5 Å². The highest BCUT2D eigenvalue weighted by Crippen LogP contribution is 2.28. The number of rotatable bonds is 3. The molecule has 0 saturated carbocycles. The van der Waals surface area contributed by atoms with E-state index < -0.39 is 11.8 Å². The van der Waals surface area contributed by atoms with Crippen molar-refractivity contribution in [3.8, 4) is 0 Å². The standard InChI is InChI=1S/C22H20ClN3O3/c1-25-10-12-26(13-11-25)22(29)16-6-3-14(4-7-16)2-5-15-8-9-17(23)19-18(15)20(27)24-21(19)28/h2-9H,10-13H2,1H3,(H,24,27,28)/b5-2+. The fraction of sp³-hybridized carbons (Fsp3) is 0.227. The lowest BCUT2D eigenvalue weighted by Gasteiger charge is -2.32. The summed E-state index contributed by atoms with van der Waals surface area (Å²) in [5.74, 6) is -0.878. The van der Waals surface area contributed by atoms with Crippen molar-refractivity contribution >= 4 is 41.5 Å². The van der Waals surface area contributed by atoms with Crippen molar-refractivity contribution in [2.75, 3.05) is 33.2 Å². The Bertz CT molecular complexity index is 1020. The number of fused-ring (bicyclic) bond motifs is 1. The number of carbonyl (C=O) groups is 3. The third-order valence-corrected chi connectivity index (χ3v) is 5.59. The van der Waals surface area contributed by atoms with Crippen molar-refractivity contribution in [1.29, 1.82) is 0 Å². The Morgan fingerprint density at radius 3 is 2.28 bits per heavy atom. The van der Waals surface area contributed by atoms with Gasteiger partial charge >= 0.3 is 0 Å². The zero-order chi connectivity index (χ0) is 20.5. The van der Waals surface area contributed by atoms with Crippen molar-refractivity contribution < 1.29 is 14.4 Å². The molecule has 0 aromatic heterocycles. The number of halogens is 1. The number of carbonyl (C=O) groups excluding carboxylic acids is 3. The molecule has 4 rings (SSSR count). The van der Waals surface area contributed by atoms with Gasteiger partial charge in [0, 0.05) is 31.7 Å². The van der Waals surface area contributed by atoms with E-state index in [0.29, 0.717) is 16.7 Å². The molecular formula is C22H20ClN3O3. The maximum Gasteiger partial charge on any atom is 0.260 e. The Hall–Kier alpha value is -2.96. The quantitative estimate of drug-likeness (QED) is 0.625. The van der Waals surface area contributed by atoms with Gasteiger partial charge in [-0.15, -0.1) is 0 Å². The molecule has 0 bridgehead atoms. The van der Waals surface area contributed by atoms with Gasteiger partial charge < -0.3 is 9.80 Å². The highest BCUT2D eigenvalue weighted by molar-refractivity contribution is 6.37. The lowest BCUT2D eigenvalue weighted by atomic mass is 10.0. The second-order valence-corrected chi connectivity index (χ2v) is 7.63. The first-order valence-corrected chi connectivity index (χ1v) is 9.76. The molecule has 148 valence electrons. The number of nitrogens with zero attached hydrogens (tertiary/aromatic N) is 2. The third-order valence-electron chi connectivity index (χ3n) is 5.27. The first-order valence-electron chi connectivity index (χ1n) is 9.38. The Balaban J connectivity index is 1.52. The molecule has 0 radical (unpaired) electrons. The molecule has 1 N–H and O–H groups in total. The van der Waals surface area contributed by atoms with Crippen LogP contribution in [0.15, 0.2) is 36.4 Å². The van der Waals surface area contributed by atoms with Crippen LogP contribution in [-0.2, 0) is 0 Å². The van der Waals surface area contributed by atoms with Crippen LogP contribution in [0.3, 0.4) is 0 Å². The minimum Gasteiger partial charge on any atom is -0.336 e. The summed E-state index contributed by atoms with van der Waals surface area (Å²) < 4.78 is 0. The lowest BCUT2D eigenvalue weighted by Crippen LogP contribution is -2.47. The molecule has 0 aliphatic carbocycles. The van der Waals surface area contributed by atoms with E-state index in [4.69, 9.17) is 11.6 Å². The van der Waals surface area contributed by atoms with Crippen LogP contribution < -0.4 is 5.32 Å². The fourth-order valence-corrected chi connectivity index (χ4v) is 3.79. The molecule has 3 amide bonds. The summed E-state index contributed by atoms with van der Waals surface area (Å²) in [5, 5.41) is 2.53. The number of hydrogen-bond donors (Lipinski definition) is 1. The average Bonchev–Trinajstić information content (AvgIpc) is 3.03. The van der Waals surface area contributed by atoms with E-state index >= 15 is 0 Å². The van der Waals surface area contributed by atoms with E-state index in [1.165, 1.54) is 0 Å². The third kappa shape index (κ3) is 3.81. The number of nitrogens with one attached hydrogen (secondary N) is 1. The zero-order valence-corrected chi connectivity index (χ0v) is 16.7. The largest absolute Gasteiger partial charge is 0.336 e. The molecule has 6 nitrogen and oxygen atoms in total. The Morgan fingerprint density at radius 2 is 1.59 bits per heavy atom. The van der Waals surface area contributed by atoms with Gasteiger partial charge in [-0.25, -0.2) is 0 Å². The zero-order valence-electron chi connectivity index (χ0n) is 15.9. The van der Waals surface area contributed by atoms with Gasteiger partial charge in [-0.3, -0.25) is 19.7 Å². The summed E-state index contributed by atoms with van der Waals surface area (Å²) in [6, 6.07) is 10.7. The van der Waals surface area contributed by atoms with Crippen LogP contribution in [0, 0.1) is 0 Å². The van der Waals surface area contributed by atoms with Gasteiger partial charge in [0.05, 0.1) is 16.1 Å². The molecule has 2 aromatic rings. The summed E-state index contributed by atoms with van der Waals surface area (Å²) in [4.78, 5) is 40.7. The Labute approximate surface area is 173 Å². The first kappa shape index (κ1) is 19.4. The fourth-order valence-electron chi connectivity index (χ4n) is 3.54. The number of benzene rings is 2. The number of amides is 3.